The van der Waals surface area contributed by atoms with E-state index in [-0.39, 0.29) is 0 Å². The molecule has 0 bridgehead atoms. The molecule has 1 radical (unpaired) electrons. The van der Waals surface area contributed by atoms with Crippen LogP contribution in [0.15, 0.2) is 48.5 Å². The molecule has 0 unspecified atom stereocenters. The van der Waals surface area contributed by atoms with Gasteiger partial charge in [0.15, 0.2) is 0 Å². The van der Waals surface area contributed by atoms with Gasteiger partial charge in [-0.05, 0) is 30.2 Å². The highest BCUT2D eigenvalue weighted by molar-refractivity contribution is 5.30. The molecule has 0 spiro atoms. The van der Waals surface area contributed by atoms with Gasteiger partial charge in [0.1, 0.15) is 18.1 Å². The third-order valence-electron chi connectivity index (χ3n) is 3.01. The molecule has 0 fully saturated rings. The van der Waals surface area contributed by atoms with Crippen molar-refractivity contribution in [3.8, 4) is 11.5 Å². The molecule has 0 amide bonds. The molecular weight excluding hydrogens is 248 g/mol. The topological polar surface area (TPSA) is 18.5 Å². The molecule has 0 aliphatic rings. The molecule has 2 heteroatoms. The lowest BCUT2D eigenvalue weighted by molar-refractivity contribution is 0.297. The predicted octanol–water partition coefficient (Wildman–Crippen LogP) is 4.63. The number of unbranched alkanes of at least 4 members (excludes halogenated alkanes) is 2. The van der Waals surface area contributed by atoms with Gasteiger partial charge < -0.3 is 9.47 Å². The fourth-order valence-electron chi connectivity index (χ4n) is 1.85. The van der Waals surface area contributed by atoms with Crippen LogP contribution >= 0.6 is 0 Å². The third-order valence-corrected chi connectivity index (χ3v) is 3.01. The lowest BCUT2D eigenvalue weighted by Crippen LogP contribution is -1.98. The average molecular weight is 269 g/mol. The summed E-state index contributed by atoms with van der Waals surface area (Å²) in [6, 6.07) is 18.9. The molecule has 0 aliphatic carbocycles. The second-order valence-electron chi connectivity index (χ2n) is 4.72. The van der Waals surface area contributed by atoms with Crippen molar-refractivity contribution in [2.45, 2.75) is 32.8 Å². The maximum absolute atomic E-state index is 5.68. The van der Waals surface area contributed by atoms with E-state index in [1.54, 1.807) is 0 Å². The number of hydrogen-bond acceptors (Lipinski definition) is 2. The molecule has 105 valence electrons. The minimum Gasteiger partial charge on any atom is -0.494 e. The zero-order valence-electron chi connectivity index (χ0n) is 12.0. The molecule has 2 aromatic carbocycles. The Morgan fingerprint density at radius 1 is 0.950 bits per heavy atom. The predicted molar refractivity (Wildman–Crippen MR) is 81.1 cm³/mol. The van der Waals surface area contributed by atoms with E-state index in [2.05, 4.69) is 13.0 Å². The van der Waals surface area contributed by atoms with Gasteiger partial charge in [0.05, 0.1) is 6.61 Å². The smallest absolute Gasteiger partial charge is 0.128 e. The monoisotopic (exact) mass is 269 g/mol. The van der Waals surface area contributed by atoms with Crippen LogP contribution in [0.3, 0.4) is 0 Å². The first-order valence-corrected chi connectivity index (χ1v) is 7.19. The normalized spacial score (nSPS) is 10.2. The Kier molecular flexibility index (Phi) is 5.97. The van der Waals surface area contributed by atoms with Gasteiger partial charge in [0.25, 0.3) is 0 Å². The molecule has 0 saturated heterocycles. The summed E-state index contributed by atoms with van der Waals surface area (Å²) in [4.78, 5) is 0. The minimum atomic E-state index is 0.564. The molecule has 0 saturated carbocycles. The van der Waals surface area contributed by atoms with Crippen LogP contribution in [0.2, 0.25) is 0 Å². The van der Waals surface area contributed by atoms with E-state index in [4.69, 9.17) is 9.47 Å². The standard InChI is InChI=1S/C18H21O2/c1-2-3-7-14-19-17-10-12-18(13-11-17)20-15-16-8-5-4-6-9-16/h4-6,8-12H,2-3,7,14-15H2,1H3. The van der Waals surface area contributed by atoms with Crippen LogP contribution in [0.4, 0.5) is 0 Å². The third kappa shape index (κ3) is 4.96. The second-order valence-corrected chi connectivity index (χ2v) is 4.72. The molecule has 0 N–H and O–H groups in total. The van der Waals surface area contributed by atoms with Gasteiger partial charge in [-0.3, -0.25) is 0 Å². The summed E-state index contributed by atoms with van der Waals surface area (Å²) < 4.78 is 11.3. The summed E-state index contributed by atoms with van der Waals surface area (Å²) in [5, 5.41) is 0. The fraction of sp³-hybridized carbons (Fsp3) is 0.333. The molecule has 2 nitrogen and oxygen atoms in total. The first-order valence-electron chi connectivity index (χ1n) is 7.19. The van der Waals surface area contributed by atoms with E-state index in [0.717, 1.165) is 30.1 Å². The van der Waals surface area contributed by atoms with E-state index in [1.807, 2.05) is 48.5 Å². The molecule has 2 aromatic rings. The first-order chi connectivity index (χ1) is 9.88. The Morgan fingerprint density at radius 3 is 2.50 bits per heavy atom. The van der Waals surface area contributed by atoms with Gasteiger partial charge in [0.2, 0.25) is 0 Å². The van der Waals surface area contributed by atoms with Gasteiger partial charge >= 0.3 is 0 Å². The van der Waals surface area contributed by atoms with Crippen molar-refractivity contribution in [2.75, 3.05) is 6.61 Å². The van der Waals surface area contributed by atoms with Crippen molar-refractivity contribution in [1.29, 1.82) is 0 Å². The van der Waals surface area contributed by atoms with Crippen molar-refractivity contribution >= 4 is 0 Å². The largest absolute Gasteiger partial charge is 0.494 e. The van der Waals surface area contributed by atoms with Gasteiger partial charge in [-0.2, -0.15) is 0 Å². The fourth-order valence-corrected chi connectivity index (χ4v) is 1.85. The SMILES string of the molecule is CCCCCOc1c[c]c(OCc2ccccc2)cc1. The van der Waals surface area contributed by atoms with Crippen LogP contribution in [0.1, 0.15) is 31.7 Å². The molecular formula is C18H21O2. The van der Waals surface area contributed by atoms with E-state index < -0.39 is 0 Å². The zero-order valence-corrected chi connectivity index (χ0v) is 12.0. The van der Waals surface area contributed by atoms with Gasteiger partial charge in [-0.25, -0.2) is 0 Å². The van der Waals surface area contributed by atoms with Crippen molar-refractivity contribution in [1.82, 2.24) is 0 Å². The van der Waals surface area contributed by atoms with Crippen molar-refractivity contribution in [3.05, 3.63) is 60.2 Å². The van der Waals surface area contributed by atoms with Crippen LogP contribution in [-0.2, 0) is 6.61 Å². The lowest BCUT2D eigenvalue weighted by atomic mass is 10.2. The van der Waals surface area contributed by atoms with Crippen LogP contribution in [0, 0.1) is 6.07 Å². The molecule has 2 rings (SSSR count). The maximum Gasteiger partial charge on any atom is 0.128 e. The van der Waals surface area contributed by atoms with E-state index >= 15 is 0 Å². The van der Waals surface area contributed by atoms with Gasteiger partial charge in [-0.15, -0.1) is 0 Å². The Balaban J connectivity index is 1.76. The van der Waals surface area contributed by atoms with Crippen LogP contribution in [0.25, 0.3) is 0 Å². The average Bonchev–Trinajstić information content (AvgIpc) is 2.52. The summed E-state index contributed by atoms with van der Waals surface area (Å²) in [7, 11) is 0. The zero-order chi connectivity index (χ0) is 14.0. The molecule has 0 aromatic heterocycles. The second kappa shape index (κ2) is 8.26. The maximum atomic E-state index is 5.68. The highest BCUT2D eigenvalue weighted by atomic mass is 16.5. The van der Waals surface area contributed by atoms with Crippen LogP contribution in [-0.4, -0.2) is 6.61 Å². The lowest BCUT2D eigenvalue weighted by Gasteiger charge is -2.08. The van der Waals surface area contributed by atoms with E-state index in [9.17, 15) is 0 Å². The summed E-state index contributed by atoms with van der Waals surface area (Å²) in [5.74, 6) is 1.60. The minimum absolute atomic E-state index is 0.564. The Morgan fingerprint density at radius 2 is 1.80 bits per heavy atom. The molecule has 0 atom stereocenters. The molecule has 20 heavy (non-hydrogen) atoms. The van der Waals surface area contributed by atoms with Crippen molar-refractivity contribution < 1.29 is 9.47 Å². The van der Waals surface area contributed by atoms with E-state index in [0.29, 0.717) is 6.61 Å². The number of ether oxygens (including phenoxy) is 2. The summed E-state index contributed by atoms with van der Waals surface area (Å²) in [6.07, 6.45) is 3.52. The van der Waals surface area contributed by atoms with Crippen LogP contribution < -0.4 is 9.47 Å². The highest BCUT2D eigenvalue weighted by Crippen LogP contribution is 2.18. The summed E-state index contributed by atoms with van der Waals surface area (Å²) in [5.41, 5.74) is 1.15. The van der Waals surface area contributed by atoms with E-state index in [1.165, 1.54) is 12.8 Å². The highest BCUT2D eigenvalue weighted by Gasteiger charge is 1.98. The quantitative estimate of drug-likeness (QED) is 0.650. The Bertz CT molecular complexity index is 477. The Hall–Kier alpha value is -1.96. The first kappa shape index (κ1) is 14.4. The van der Waals surface area contributed by atoms with Crippen molar-refractivity contribution in [3.63, 3.8) is 0 Å². The summed E-state index contributed by atoms with van der Waals surface area (Å²) >= 11 is 0. The molecule has 0 heterocycles. The van der Waals surface area contributed by atoms with Gasteiger partial charge in [-0.1, -0.05) is 50.1 Å². The summed E-state index contributed by atoms with van der Waals surface area (Å²) in [6.45, 7) is 3.52. The number of benzene rings is 2. The van der Waals surface area contributed by atoms with Crippen LogP contribution in [0.5, 0.6) is 11.5 Å². The van der Waals surface area contributed by atoms with Crippen molar-refractivity contribution in [2.24, 2.45) is 0 Å². The number of rotatable bonds is 8. The Labute approximate surface area is 121 Å². The molecule has 0 aliphatic heterocycles. The number of hydrogen-bond donors (Lipinski definition) is 0. The van der Waals surface area contributed by atoms with Gasteiger partial charge in [0, 0.05) is 6.07 Å².